The Morgan fingerprint density at radius 2 is 1.62 bits per heavy atom. The molecule has 1 aliphatic rings. The largest absolute Gasteiger partial charge is 0.508 e. The van der Waals surface area contributed by atoms with Gasteiger partial charge in [-0.3, -0.25) is 0 Å². The van der Waals surface area contributed by atoms with Crippen LogP contribution < -0.4 is 5.32 Å². The average Bonchev–Trinajstić information content (AvgIpc) is 2.31. The molecule has 1 aliphatic heterocycles. The summed E-state index contributed by atoms with van der Waals surface area (Å²) in [5.74, 6) is 0.401. The number of phenolic OH excluding ortho intramolecular Hbond substituents is 2. The predicted molar refractivity (Wildman–Crippen MR) is 85.8 cm³/mol. The van der Waals surface area contributed by atoms with Crippen LogP contribution in [0.25, 0.3) is 0 Å². The molecular formula is C17H29NO3. The Labute approximate surface area is 128 Å². The van der Waals surface area contributed by atoms with E-state index in [1.54, 1.807) is 6.92 Å². The Balaban J connectivity index is 0.000000219. The van der Waals surface area contributed by atoms with E-state index in [2.05, 4.69) is 33.0 Å². The monoisotopic (exact) mass is 295 g/mol. The Hall–Kier alpha value is -1.26. The third-order valence-electron chi connectivity index (χ3n) is 3.67. The summed E-state index contributed by atoms with van der Waals surface area (Å²) >= 11 is 0. The van der Waals surface area contributed by atoms with E-state index < -0.39 is 0 Å². The smallest absolute Gasteiger partial charge is 0.118 e. The van der Waals surface area contributed by atoms with Crippen LogP contribution in [-0.4, -0.2) is 34.5 Å². The maximum atomic E-state index is 8.93. The van der Waals surface area contributed by atoms with Crippen molar-refractivity contribution >= 4 is 0 Å². The minimum atomic E-state index is 0.185. The summed E-state index contributed by atoms with van der Waals surface area (Å²) in [7, 11) is 1.81. The van der Waals surface area contributed by atoms with Crippen molar-refractivity contribution in [2.24, 2.45) is 0 Å². The first-order chi connectivity index (χ1) is 9.54. The summed E-state index contributed by atoms with van der Waals surface area (Å²) in [6.45, 7) is 10.7. The fourth-order valence-electron chi connectivity index (χ4n) is 3.03. The highest BCUT2D eigenvalue weighted by atomic mass is 16.5. The number of nitrogens with one attached hydrogen (secondary N) is 1. The molecule has 4 nitrogen and oxygen atoms in total. The molecule has 0 spiro atoms. The van der Waals surface area contributed by atoms with E-state index in [1.165, 1.54) is 18.2 Å². The molecule has 0 amide bonds. The predicted octanol–water partition coefficient (Wildman–Crippen LogP) is 3.35. The number of phenols is 2. The third-order valence-corrected chi connectivity index (χ3v) is 3.67. The van der Waals surface area contributed by atoms with Crippen molar-refractivity contribution in [1.82, 2.24) is 5.32 Å². The van der Waals surface area contributed by atoms with Crippen LogP contribution >= 0.6 is 0 Å². The van der Waals surface area contributed by atoms with Crippen LogP contribution in [0.3, 0.4) is 0 Å². The van der Waals surface area contributed by atoms with Gasteiger partial charge in [-0.15, -0.1) is 0 Å². The van der Waals surface area contributed by atoms with E-state index in [9.17, 15) is 0 Å². The molecule has 1 aromatic rings. The second-order valence-electron chi connectivity index (χ2n) is 7.13. The van der Waals surface area contributed by atoms with Gasteiger partial charge >= 0.3 is 0 Å². The zero-order valence-corrected chi connectivity index (χ0v) is 14.0. The molecule has 0 aromatic heterocycles. The van der Waals surface area contributed by atoms with Crippen molar-refractivity contribution in [3.8, 4) is 11.5 Å². The zero-order valence-electron chi connectivity index (χ0n) is 14.0. The first-order valence-electron chi connectivity index (χ1n) is 7.35. The molecule has 0 atom stereocenters. The van der Waals surface area contributed by atoms with Gasteiger partial charge in [0, 0.05) is 18.2 Å². The number of ether oxygens (including phenoxy) is 1. The standard InChI is InChI=1S/C10H21NO.C7H8O2/c1-9(2)6-8(12-5)7-10(3,4)11-9;1-5-4-6(8)2-3-7(5)9/h8,11H,6-7H2,1-5H3;2-4,8-9H,1H3. The molecule has 0 bridgehead atoms. The highest BCUT2D eigenvalue weighted by Gasteiger charge is 2.37. The molecular weight excluding hydrogens is 266 g/mol. The number of methoxy groups -OCH3 is 1. The highest BCUT2D eigenvalue weighted by molar-refractivity contribution is 5.37. The van der Waals surface area contributed by atoms with Gasteiger partial charge in [-0.05, 0) is 71.2 Å². The number of hydrogen-bond acceptors (Lipinski definition) is 4. The Morgan fingerprint density at radius 3 is 2.00 bits per heavy atom. The van der Waals surface area contributed by atoms with Crippen LogP contribution in [0, 0.1) is 6.92 Å². The van der Waals surface area contributed by atoms with Crippen molar-refractivity contribution in [3.63, 3.8) is 0 Å². The number of aromatic hydroxyl groups is 2. The van der Waals surface area contributed by atoms with Crippen LogP contribution in [0.2, 0.25) is 0 Å². The van der Waals surface area contributed by atoms with E-state index in [1.807, 2.05) is 7.11 Å². The fourth-order valence-corrected chi connectivity index (χ4v) is 3.03. The van der Waals surface area contributed by atoms with Crippen molar-refractivity contribution in [1.29, 1.82) is 0 Å². The van der Waals surface area contributed by atoms with Gasteiger partial charge in [0.1, 0.15) is 11.5 Å². The number of piperidine rings is 1. The minimum absolute atomic E-state index is 0.185. The normalized spacial score (nSPS) is 20.5. The van der Waals surface area contributed by atoms with Gasteiger partial charge in [0.2, 0.25) is 0 Å². The molecule has 21 heavy (non-hydrogen) atoms. The van der Waals surface area contributed by atoms with Crippen LogP contribution in [0.15, 0.2) is 18.2 Å². The summed E-state index contributed by atoms with van der Waals surface area (Å²) in [5, 5.41) is 21.4. The van der Waals surface area contributed by atoms with Crippen LogP contribution in [0.4, 0.5) is 0 Å². The maximum Gasteiger partial charge on any atom is 0.118 e. The molecule has 4 heteroatoms. The summed E-state index contributed by atoms with van der Waals surface area (Å²) < 4.78 is 5.42. The zero-order chi connectivity index (χ0) is 16.3. The molecule has 120 valence electrons. The van der Waals surface area contributed by atoms with Gasteiger partial charge in [-0.25, -0.2) is 0 Å². The lowest BCUT2D eigenvalue weighted by Gasteiger charge is -2.45. The van der Waals surface area contributed by atoms with Crippen LogP contribution in [0.5, 0.6) is 11.5 Å². The summed E-state index contributed by atoms with van der Waals surface area (Å²) in [5.41, 5.74) is 1.11. The number of rotatable bonds is 1. The topological polar surface area (TPSA) is 61.7 Å². The average molecular weight is 295 g/mol. The van der Waals surface area contributed by atoms with Gasteiger partial charge in [0.15, 0.2) is 0 Å². The van der Waals surface area contributed by atoms with Crippen LogP contribution in [0.1, 0.15) is 46.1 Å². The lowest BCUT2D eigenvalue weighted by molar-refractivity contribution is 0.00597. The molecule has 1 heterocycles. The maximum absolute atomic E-state index is 8.93. The van der Waals surface area contributed by atoms with Crippen molar-refractivity contribution < 1.29 is 14.9 Å². The van der Waals surface area contributed by atoms with Crippen molar-refractivity contribution in [3.05, 3.63) is 23.8 Å². The van der Waals surface area contributed by atoms with E-state index in [4.69, 9.17) is 14.9 Å². The van der Waals surface area contributed by atoms with Gasteiger partial charge in [-0.1, -0.05) is 0 Å². The molecule has 1 fully saturated rings. The van der Waals surface area contributed by atoms with E-state index >= 15 is 0 Å². The Bertz CT molecular complexity index is 453. The van der Waals surface area contributed by atoms with Gasteiger partial charge < -0.3 is 20.3 Å². The van der Waals surface area contributed by atoms with Gasteiger partial charge in [0.25, 0.3) is 0 Å². The Morgan fingerprint density at radius 1 is 1.10 bits per heavy atom. The molecule has 0 saturated carbocycles. The second-order valence-corrected chi connectivity index (χ2v) is 7.13. The van der Waals surface area contributed by atoms with Gasteiger partial charge in [-0.2, -0.15) is 0 Å². The number of benzene rings is 1. The second kappa shape index (κ2) is 6.67. The summed E-state index contributed by atoms with van der Waals surface area (Å²) in [6.07, 6.45) is 2.62. The van der Waals surface area contributed by atoms with Crippen LogP contribution in [-0.2, 0) is 4.74 Å². The molecule has 0 radical (unpaired) electrons. The lowest BCUT2D eigenvalue weighted by atomic mass is 9.81. The minimum Gasteiger partial charge on any atom is -0.508 e. The van der Waals surface area contributed by atoms with Gasteiger partial charge in [0.05, 0.1) is 6.10 Å². The third kappa shape index (κ3) is 5.94. The quantitative estimate of drug-likeness (QED) is 0.695. The Kier molecular flexibility index (Phi) is 5.65. The highest BCUT2D eigenvalue weighted by Crippen LogP contribution is 2.29. The molecule has 0 unspecified atom stereocenters. The number of aryl methyl sites for hydroxylation is 1. The first kappa shape index (κ1) is 17.8. The van der Waals surface area contributed by atoms with Crippen molar-refractivity contribution in [2.45, 2.75) is 64.6 Å². The number of hydrogen-bond donors (Lipinski definition) is 3. The lowest BCUT2D eigenvalue weighted by Crippen LogP contribution is -2.59. The first-order valence-corrected chi connectivity index (χ1v) is 7.35. The van der Waals surface area contributed by atoms with E-state index in [0.717, 1.165) is 12.8 Å². The fraction of sp³-hybridized carbons (Fsp3) is 0.647. The van der Waals surface area contributed by atoms with E-state index in [0.29, 0.717) is 11.7 Å². The van der Waals surface area contributed by atoms with Crippen molar-refractivity contribution in [2.75, 3.05) is 7.11 Å². The molecule has 0 aliphatic carbocycles. The summed E-state index contributed by atoms with van der Waals surface area (Å²) in [4.78, 5) is 0. The summed E-state index contributed by atoms with van der Waals surface area (Å²) in [6, 6.07) is 4.42. The molecule has 1 saturated heterocycles. The molecule has 2 rings (SSSR count). The SMILES string of the molecule is COC1CC(C)(C)NC(C)(C)C1.Cc1cc(O)ccc1O. The van der Waals surface area contributed by atoms with E-state index in [-0.39, 0.29) is 22.6 Å². The molecule has 3 N–H and O–H groups in total. The molecule has 1 aromatic carbocycles.